The standard InChI is InChI=1S/C26H20O3/c1-3-17-13-24(27)29-26-16(2)25-22(14-21(17)26)23(15-28-25)20-11-9-19(10-12-20)18-7-5-4-6-8-18/h4-15H,3H2,1-2H3. The Labute approximate surface area is 168 Å². The summed E-state index contributed by atoms with van der Waals surface area (Å²) in [5, 5.41) is 2.01. The first-order valence-electron chi connectivity index (χ1n) is 9.79. The molecule has 2 aromatic heterocycles. The van der Waals surface area contributed by atoms with Crippen LogP contribution in [0.25, 0.3) is 44.2 Å². The molecule has 0 aliphatic carbocycles. The van der Waals surface area contributed by atoms with E-state index in [1.165, 1.54) is 11.1 Å². The molecule has 5 aromatic rings. The van der Waals surface area contributed by atoms with Crippen LogP contribution >= 0.6 is 0 Å². The molecule has 0 aliphatic rings. The lowest BCUT2D eigenvalue weighted by Crippen LogP contribution is -2.01. The van der Waals surface area contributed by atoms with Gasteiger partial charge in [0.15, 0.2) is 0 Å². The van der Waals surface area contributed by atoms with Gasteiger partial charge in [-0.2, -0.15) is 0 Å². The van der Waals surface area contributed by atoms with Crippen molar-refractivity contribution in [1.29, 1.82) is 0 Å². The van der Waals surface area contributed by atoms with Crippen molar-refractivity contribution < 1.29 is 8.83 Å². The van der Waals surface area contributed by atoms with Gasteiger partial charge in [-0.15, -0.1) is 0 Å². The van der Waals surface area contributed by atoms with E-state index in [1.54, 1.807) is 12.3 Å². The number of fused-ring (bicyclic) bond motifs is 2. The number of aryl methyl sites for hydroxylation is 2. The van der Waals surface area contributed by atoms with Crippen molar-refractivity contribution in [3.63, 3.8) is 0 Å². The number of rotatable bonds is 3. The Kier molecular flexibility index (Phi) is 4.09. The second kappa shape index (κ2) is 6.78. The third-order valence-electron chi connectivity index (χ3n) is 5.57. The molecule has 29 heavy (non-hydrogen) atoms. The van der Waals surface area contributed by atoms with Crippen LogP contribution in [0.5, 0.6) is 0 Å². The lowest BCUT2D eigenvalue weighted by Gasteiger charge is -2.07. The van der Waals surface area contributed by atoms with Crippen LogP contribution in [0.1, 0.15) is 18.1 Å². The zero-order valence-electron chi connectivity index (χ0n) is 16.4. The van der Waals surface area contributed by atoms with E-state index in [2.05, 4.69) is 42.5 Å². The maximum Gasteiger partial charge on any atom is 0.336 e. The van der Waals surface area contributed by atoms with Crippen LogP contribution in [0.4, 0.5) is 0 Å². The van der Waals surface area contributed by atoms with Gasteiger partial charge in [0.1, 0.15) is 11.2 Å². The van der Waals surface area contributed by atoms with Crippen molar-refractivity contribution in [2.75, 3.05) is 0 Å². The van der Waals surface area contributed by atoms with Gasteiger partial charge in [0, 0.05) is 28.0 Å². The molecule has 0 amide bonds. The van der Waals surface area contributed by atoms with Crippen LogP contribution in [0.15, 0.2) is 86.6 Å². The molecule has 3 nitrogen and oxygen atoms in total. The molecule has 3 heteroatoms. The molecule has 0 N–H and O–H groups in total. The Morgan fingerprint density at radius 1 is 0.793 bits per heavy atom. The smallest absolute Gasteiger partial charge is 0.336 e. The molecule has 0 bridgehead atoms. The van der Waals surface area contributed by atoms with Gasteiger partial charge in [0.25, 0.3) is 0 Å². The Morgan fingerprint density at radius 3 is 2.21 bits per heavy atom. The molecule has 142 valence electrons. The second-order valence-electron chi connectivity index (χ2n) is 7.29. The summed E-state index contributed by atoms with van der Waals surface area (Å²) in [6, 6.07) is 22.5. The summed E-state index contributed by atoms with van der Waals surface area (Å²) in [6.07, 6.45) is 2.56. The van der Waals surface area contributed by atoms with Gasteiger partial charge in [-0.25, -0.2) is 4.79 Å². The summed E-state index contributed by atoms with van der Waals surface area (Å²) in [5.74, 6) is 0. The summed E-state index contributed by atoms with van der Waals surface area (Å²) in [6.45, 7) is 3.99. The quantitative estimate of drug-likeness (QED) is 0.325. The molecule has 0 saturated carbocycles. The molecule has 0 saturated heterocycles. The summed E-state index contributed by atoms with van der Waals surface area (Å²) in [7, 11) is 0. The molecule has 0 aliphatic heterocycles. The fraction of sp³-hybridized carbons (Fsp3) is 0.115. The van der Waals surface area contributed by atoms with E-state index in [-0.39, 0.29) is 5.63 Å². The molecule has 5 rings (SSSR count). The molecule has 2 heterocycles. The highest BCUT2D eigenvalue weighted by molar-refractivity contribution is 6.04. The maximum absolute atomic E-state index is 11.9. The van der Waals surface area contributed by atoms with Gasteiger partial charge in [-0.3, -0.25) is 0 Å². The van der Waals surface area contributed by atoms with Crippen molar-refractivity contribution in [2.45, 2.75) is 20.3 Å². The van der Waals surface area contributed by atoms with E-state index < -0.39 is 0 Å². The zero-order valence-corrected chi connectivity index (χ0v) is 16.4. The van der Waals surface area contributed by atoms with Crippen molar-refractivity contribution in [1.82, 2.24) is 0 Å². The Balaban J connectivity index is 1.69. The highest BCUT2D eigenvalue weighted by Gasteiger charge is 2.16. The molecular weight excluding hydrogens is 360 g/mol. The SMILES string of the molecule is CCc1cc(=O)oc2c(C)c3occ(-c4ccc(-c5ccccc5)cc4)c3cc12. The van der Waals surface area contributed by atoms with Gasteiger partial charge < -0.3 is 8.83 Å². The van der Waals surface area contributed by atoms with E-state index in [0.717, 1.165) is 45.0 Å². The third kappa shape index (κ3) is 2.87. The minimum absolute atomic E-state index is 0.319. The monoisotopic (exact) mass is 380 g/mol. The Hall–Kier alpha value is -3.59. The van der Waals surface area contributed by atoms with Crippen LogP contribution < -0.4 is 5.63 Å². The highest BCUT2D eigenvalue weighted by Crippen LogP contribution is 2.37. The first-order chi connectivity index (χ1) is 14.2. The fourth-order valence-electron chi connectivity index (χ4n) is 4.02. The molecule has 0 radical (unpaired) electrons. The average Bonchev–Trinajstić information content (AvgIpc) is 3.19. The fourth-order valence-corrected chi connectivity index (χ4v) is 4.02. The topological polar surface area (TPSA) is 43.4 Å². The number of hydrogen-bond acceptors (Lipinski definition) is 3. The van der Waals surface area contributed by atoms with Crippen LogP contribution in [0.2, 0.25) is 0 Å². The molecule has 0 fully saturated rings. The van der Waals surface area contributed by atoms with Crippen LogP contribution in [0.3, 0.4) is 0 Å². The van der Waals surface area contributed by atoms with Crippen molar-refractivity contribution >= 4 is 21.9 Å². The predicted octanol–water partition coefficient (Wildman–Crippen LogP) is 6.74. The molecular formula is C26H20O3. The zero-order chi connectivity index (χ0) is 20.0. The first-order valence-corrected chi connectivity index (χ1v) is 9.79. The van der Waals surface area contributed by atoms with Gasteiger partial charge >= 0.3 is 5.63 Å². The summed E-state index contributed by atoms with van der Waals surface area (Å²) >= 11 is 0. The van der Waals surface area contributed by atoms with Gasteiger partial charge in [0.2, 0.25) is 0 Å². The lowest BCUT2D eigenvalue weighted by atomic mass is 9.97. The Morgan fingerprint density at radius 2 is 1.48 bits per heavy atom. The van der Waals surface area contributed by atoms with Crippen molar-refractivity contribution in [3.05, 3.63) is 94.5 Å². The van der Waals surface area contributed by atoms with Crippen LogP contribution in [-0.4, -0.2) is 0 Å². The van der Waals surface area contributed by atoms with E-state index >= 15 is 0 Å². The van der Waals surface area contributed by atoms with E-state index in [9.17, 15) is 4.79 Å². The van der Waals surface area contributed by atoms with Gasteiger partial charge in [-0.1, -0.05) is 61.5 Å². The van der Waals surface area contributed by atoms with Crippen LogP contribution in [-0.2, 0) is 6.42 Å². The van der Waals surface area contributed by atoms with Crippen molar-refractivity contribution in [2.24, 2.45) is 0 Å². The minimum atomic E-state index is -0.319. The Bertz CT molecular complexity index is 1390. The summed E-state index contributed by atoms with van der Waals surface area (Å²) < 4.78 is 11.4. The van der Waals surface area contributed by atoms with E-state index in [4.69, 9.17) is 8.83 Å². The molecule has 0 atom stereocenters. The highest BCUT2D eigenvalue weighted by atomic mass is 16.4. The number of benzene rings is 3. The van der Waals surface area contributed by atoms with Gasteiger partial charge in [-0.05, 0) is 41.7 Å². The number of hydrogen-bond donors (Lipinski definition) is 0. The minimum Gasteiger partial charge on any atom is -0.463 e. The van der Waals surface area contributed by atoms with Gasteiger partial charge in [0.05, 0.1) is 6.26 Å². The van der Waals surface area contributed by atoms with E-state index in [0.29, 0.717) is 5.58 Å². The second-order valence-corrected chi connectivity index (χ2v) is 7.29. The molecule has 0 spiro atoms. The summed E-state index contributed by atoms with van der Waals surface area (Å²) in [5.41, 5.74) is 7.41. The van der Waals surface area contributed by atoms with Crippen LogP contribution in [0, 0.1) is 6.92 Å². The average molecular weight is 380 g/mol. The first kappa shape index (κ1) is 17.5. The third-order valence-corrected chi connectivity index (χ3v) is 5.57. The summed E-state index contributed by atoms with van der Waals surface area (Å²) in [4.78, 5) is 11.9. The largest absolute Gasteiger partial charge is 0.463 e. The van der Waals surface area contributed by atoms with E-state index in [1.807, 2.05) is 32.0 Å². The normalized spacial score (nSPS) is 11.4. The van der Waals surface area contributed by atoms with Crippen molar-refractivity contribution in [3.8, 4) is 22.3 Å². The lowest BCUT2D eigenvalue weighted by molar-refractivity contribution is 0.554. The predicted molar refractivity (Wildman–Crippen MR) is 117 cm³/mol. The molecule has 3 aromatic carbocycles. The number of furan rings is 1. The maximum atomic E-state index is 11.9. The molecule has 0 unspecified atom stereocenters.